The minimum absolute atomic E-state index is 0.0463. The van der Waals surface area contributed by atoms with Gasteiger partial charge in [0.15, 0.2) is 0 Å². The molecule has 1 rings (SSSR count). The summed E-state index contributed by atoms with van der Waals surface area (Å²) >= 11 is 3.32. The second-order valence-corrected chi connectivity index (χ2v) is 5.44. The van der Waals surface area contributed by atoms with E-state index in [0.29, 0.717) is 10.0 Å². The summed E-state index contributed by atoms with van der Waals surface area (Å²) in [6.45, 7) is 5.57. The van der Waals surface area contributed by atoms with Gasteiger partial charge in [-0.3, -0.25) is 9.59 Å². The van der Waals surface area contributed by atoms with Crippen LogP contribution in [0.1, 0.15) is 29.8 Å². The average Bonchev–Trinajstić information content (AvgIpc) is 2.28. The zero-order valence-electron chi connectivity index (χ0n) is 10.7. The summed E-state index contributed by atoms with van der Waals surface area (Å²) < 4.78 is 0.692. The van der Waals surface area contributed by atoms with Crippen LogP contribution in [0.3, 0.4) is 0 Å². The molecule has 0 aromatic heterocycles. The third-order valence-corrected chi connectivity index (χ3v) is 3.32. The fraction of sp³-hybridized carbons (Fsp3) is 0.385. The normalized spacial score (nSPS) is 12.3. The number of primary amides is 1. The summed E-state index contributed by atoms with van der Waals surface area (Å²) in [4.78, 5) is 23.3. The lowest BCUT2D eigenvalue weighted by molar-refractivity contribution is -0.120. The summed E-state index contributed by atoms with van der Waals surface area (Å²) in [5.41, 5.74) is 6.74. The largest absolute Gasteiger partial charge is 0.368 e. The molecule has 1 unspecified atom stereocenters. The Balaban J connectivity index is 2.94. The predicted octanol–water partition coefficient (Wildman–Crippen LogP) is 2.00. The molecule has 0 aliphatic rings. The van der Waals surface area contributed by atoms with E-state index in [0.717, 1.165) is 5.56 Å². The van der Waals surface area contributed by atoms with Gasteiger partial charge in [-0.05, 0) is 40.9 Å². The van der Waals surface area contributed by atoms with Crippen LogP contribution in [0.5, 0.6) is 0 Å². The van der Waals surface area contributed by atoms with Crippen molar-refractivity contribution in [2.45, 2.75) is 26.8 Å². The maximum absolute atomic E-state index is 12.1. The Kier molecular flexibility index (Phi) is 4.90. The minimum atomic E-state index is -0.662. The van der Waals surface area contributed by atoms with Crippen LogP contribution in [-0.2, 0) is 4.79 Å². The van der Waals surface area contributed by atoms with Crippen molar-refractivity contribution in [3.63, 3.8) is 0 Å². The van der Waals surface area contributed by atoms with E-state index < -0.39 is 11.9 Å². The van der Waals surface area contributed by atoms with Crippen molar-refractivity contribution >= 4 is 27.7 Å². The van der Waals surface area contributed by atoms with Crippen LogP contribution >= 0.6 is 15.9 Å². The minimum Gasteiger partial charge on any atom is -0.368 e. The van der Waals surface area contributed by atoms with Gasteiger partial charge in [-0.2, -0.15) is 0 Å². The summed E-state index contributed by atoms with van der Waals surface area (Å²) in [6, 6.07) is 4.80. The molecule has 0 saturated carbocycles. The van der Waals surface area contributed by atoms with E-state index in [2.05, 4.69) is 21.2 Å². The number of rotatable bonds is 4. The summed E-state index contributed by atoms with van der Waals surface area (Å²) in [7, 11) is 0. The van der Waals surface area contributed by atoms with Crippen molar-refractivity contribution in [2.24, 2.45) is 11.7 Å². The Morgan fingerprint density at radius 2 is 1.94 bits per heavy atom. The number of hydrogen-bond donors (Lipinski definition) is 2. The zero-order chi connectivity index (χ0) is 13.9. The van der Waals surface area contributed by atoms with E-state index in [9.17, 15) is 9.59 Å². The second-order valence-electron chi connectivity index (χ2n) is 4.58. The Morgan fingerprint density at radius 3 is 2.44 bits per heavy atom. The van der Waals surface area contributed by atoms with Crippen LogP contribution in [0, 0.1) is 12.8 Å². The van der Waals surface area contributed by atoms with Crippen LogP contribution in [0.15, 0.2) is 22.7 Å². The Labute approximate surface area is 115 Å². The highest BCUT2D eigenvalue weighted by Gasteiger charge is 2.23. The first-order chi connectivity index (χ1) is 8.32. The number of nitrogens with two attached hydrogens (primary N) is 1. The van der Waals surface area contributed by atoms with Gasteiger partial charge in [0.05, 0.1) is 5.56 Å². The van der Waals surface area contributed by atoms with E-state index >= 15 is 0 Å². The molecule has 1 aromatic rings. The number of carbonyl (C=O) groups is 2. The lowest BCUT2D eigenvalue weighted by Gasteiger charge is -2.19. The molecule has 2 amide bonds. The van der Waals surface area contributed by atoms with E-state index in [-0.39, 0.29) is 11.8 Å². The fourth-order valence-corrected chi connectivity index (χ4v) is 2.03. The van der Waals surface area contributed by atoms with Crippen LogP contribution < -0.4 is 11.1 Å². The summed E-state index contributed by atoms with van der Waals surface area (Å²) in [6.07, 6.45) is 0. The number of halogens is 1. The van der Waals surface area contributed by atoms with Gasteiger partial charge in [0.2, 0.25) is 5.91 Å². The highest BCUT2D eigenvalue weighted by atomic mass is 79.9. The number of carbonyl (C=O) groups excluding carboxylic acids is 2. The van der Waals surface area contributed by atoms with Crippen molar-refractivity contribution < 1.29 is 9.59 Å². The number of benzene rings is 1. The lowest BCUT2D eigenvalue weighted by Crippen LogP contribution is -2.47. The molecule has 0 spiro atoms. The molecule has 1 atom stereocenters. The number of amides is 2. The van der Waals surface area contributed by atoms with Gasteiger partial charge in [-0.1, -0.05) is 25.5 Å². The van der Waals surface area contributed by atoms with Crippen molar-refractivity contribution in [3.05, 3.63) is 33.8 Å². The summed E-state index contributed by atoms with van der Waals surface area (Å²) in [5, 5.41) is 2.66. The molecular formula is C13H17BrN2O2. The first-order valence-electron chi connectivity index (χ1n) is 5.69. The zero-order valence-corrected chi connectivity index (χ0v) is 12.2. The molecule has 1 aromatic carbocycles. The maximum Gasteiger partial charge on any atom is 0.253 e. The first-order valence-corrected chi connectivity index (χ1v) is 6.48. The molecule has 18 heavy (non-hydrogen) atoms. The van der Waals surface area contributed by atoms with Crippen LogP contribution in [-0.4, -0.2) is 17.9 Å². The third kappa shape index (κ3) is 3.57. The van der Waals surface area contributed by atoms with Gasteiger partial charge in [-0.25, -0.2) is 0 Å². The molecule has 0 radical (unpaired) electrons. The average molecular weight is 313 g/mol. The van der Waals surface area contributed by atoms with Crippen LogP contribution in [0.2, 0.25) is 0 Å². The van der Waals surface area contributed by atoms with Gasteiger partial charge in [0, 0.05) is 4.47 Å². The molecular weight excluding hydrogens is 296 g/mol. The number of hydrogen-bond acceptors (Lipinski definition) is 2. The van der Waals surface area contributed by atoms with Crippen LogP contribution in [0.4, 0.5) is 0 Å². The van der Waals surface area contributed by atoms with E-state index in [1.807, 2.05) is 26.8 Å². The monoisotopic (exact) mass is 312 g/mol. The van der Waals surface area contributed by atoms with E-state index in [1.54, 1.807) is 12.1 Å². The molecule has 4 nitrogen and oxygen atoms in total. The molecule has 3 N–H and O–H groups in total. The SMILES string of the molecule is Cc1ccc(Br)c(C(=O)NC(C(N)=O)C(C)C)c1. The van der Waals surface area contributed by atoms with Gasteiger partial charge in [0.25, 0.3) is 5.91 Å². The second kappa shape index (κ2) is 6.00. The number of aryl methyl sites for hydroxylation is 1. The Bertz CT molecular complexity index is 472. The molecule has 0 saturated heterocycles. The van der Waals surface area contributed by atoms with E-state index in [1.165, 1.54) is 0 Å². The van der Waals surface area contributed by atoms with Gasteiger partial charge in [0.1, 0.15) is 6.04 Å². The topological polar surface area (TPSA) is 72.2 Å². The predicted molar refractivity (Wildman–Crippen MR) is 74.2 cm³/mol. The molecule has 0 bridgehead atoms. The lowest BCUT2D eigenvalue weighted by atomic mass is 10.0. The standard InChI is InChI=1S/C13H17BrN2O2/c1-7(2)11(12(15)17)16-13(18)9-6-8(3)4-5-10(9)14/h4-7,11H,1-3H3,(H2,15,17)(H,16,18). The van der Waals surface area contributed by atoms with E-state index in [4.69, 9.17) is 5.73 Å². The molecule has 0 aliphatic carbocycles. The van der Waals surface area contributed by atoms with Crippen LogP contribution in [0.25, 0.3) is 0 Å². The fourth-order valence-electron chi connectivity index (χ4n) is 1.60. The molecule has 0 fully saturated rings. The van der Waals surface area contributed by atoms with Crippen molar-refractivity contribution in [1.82, 2.24) is 5.32 Å². The van der Waals surface area contributed by atoms with Crippen molar-refractivity contribution in [1.29, 1.82) is 0 Å². The molecule has 5 heteroatoms. The summed E-state index contributed by atoms with van der Waals surface area (Å²) in [5.74, 6) is -0.875. The maximum atomic E-state index is 12.1. The molecule has 0 heterocycles. The molecule has 0 aliphatic heterocycles. The smallest absolute Gasteiger partial charge is 0.253 e. The van der Waals surface area contributed by atoms with Crippen molar-refractivity contribution in [2.75, 3.05) is 0 Å². The first kappa shape index (κ1) is 14.7. The van der Waals surface area contributed by atoms with Gasteiger partial charge >= 0.3 is 0 Å². The Morgan fingerprint density at radius 1 is 1.33 bits per heavy atom. The van der Waals surface area contributed by atoms with Gasteiger partial charge in [-0.15, -0.1) is 0 Å². The van der Waals surface area contributed by atoms with Gasteiger partial charge < -0.3 is 11.1 Å². The quantitative estimate of drug-likeness (QED) is 0.892. The van der Waals surface area contributed by atoms with Crippen molar-refractivity contribution in [3.8, 4) is 0 Å². The Hall–Kier alpha value is -1.36. The highest BCUT2D eigenvalue weighted by molar-refractivity contribution is 9.10. The highest BCUT2D eigenvalue weighted by Crippen LogP contribution is 2.18. The molecule has 98 valence electrons. The third-order valence-electron chi connectivity index (χ3n) is 2.63. The number of nitrogens with one attached hydrogen (secondary N) is 1.